The van der Waals surface area contributed by atoms with Crippen LogP contribution in [0.3, 0.4) is 0 Å². The number of nitrogens with zero attached hydrogens (tertiary/aromatic N) is 2. The number of rotatable bonds is 5. The first-order chi connectivity index (χ1) is 9.95. The molecule has 0 atom stereocenters. The average Bonchev–Trinajstić information content (AvgIpc) is 2.37. The fraction of sp³-hybridized carbons (Fsp3) is 0.214. The van der Waals surface area contributed by atoms with Crippen molar-refractivity contribution in [3.05, 3.63) is 41.0 Å². The van der Waals surface area contributed by atoms with Crippen LogP contribution in [-0.4, -0.2) is 27.1 Å². The summed E-state index contributed by atoms with van der Waals surface area (Å²) < 4.78 is 5.47. The number of hydrogen-bond acceptors (Lipinski definition) is 5. The lowest BCUT2D eigenvalue weighted by Gasteiger charge is -2.10. The molecule has 0 saturated heterocycles. The number of carboxylic acid groups (broad SMARTS) is 1. The highest BCUT2D eigenvalue weighted by atomic mass is 35.5. The van der Waals surface area contributed by atoms with Gasteiger partial charge in [0.1, 0.15) is 0 Å². The van der Waals surface area contributed by atoms with Crippen LogP contribution >= 0.6 is 11.6 Å². The summed E-state index contributed by atoms with van der Waals surface area (Å²) in [6.45, 7) is 3.80. The first-order valence-electron chi connectivity index (χ1n) is 6.25. The Hall–Kier alpha value is -2.34. The number of benzene rings is 1. The van der Waals surface area contributed by atoms with Gasteiger partial charge in [0.15, 0.2) is 0 Å². The number of halogens is 1. The van der Waals surface area contributed by atoms with Crippen LogP contribution in [0.5, 0.6) is 5.88 Å². The summed E-state index contributed by atoms with van der Waals surface area (Å²) in [5.41, 5.74) is 0.631. The van der Waals surface area contributed by atoms with Gasteiger partial charge in [-0.05, 0) is 32.0 Å². The zero-order valence-corrected chi connectivity index (χ0v) is 12.3. The maximum atomic E-state index is 10.9. The molecular weight excluding hydrogens is 294 g/mol. The lowest BCUT2D eigenvalue weighted by molar-refractivity contribution is 0.0697. The van der Waals surface area contributed by atoms with E-state index in [1.165, 1.54) is 12.1 Å². The molecule has 2 rings (SSSR count). The Balaban J connectivity index is 2.18. The molecule has 0 spiro atoms. The summed E-state index contributed by atoms with van der Waals surface area (Å²) in [7, 11) is 0. The molecule has 110 valence electrons. The first kappa shape index (κ1) is 15.1. The molecule has 0 amide bonds. The minimum Gasteiger partial charge on any atom is -0.478 e. The average molecular weight is 308 g/mol. The molecule has 21 heavy (non-hydrogen) atoms. The van der Waals surface area contributed by atoms with Crippen LogP contribution in [0, 0.1) is 0 Å². The van der Waals surface area contributed by atoms with Crippen LogP contribution in [0.25, 0.3) is 0 Å². The van der Waals surface area contributed by atoms with Gasteiger partial charge in [-0.25, -0.2) is 9.78 Å². The van der Waals surface area contributed by atoms with E-state index in [0.717, 1.165) is 0 Å². The first-order valence-corrected chi connectivity index (χ1v) is 6.63. The fourth-order valence-corrected chi connectivity index (χ4v) is 1.87. The summed E-state index contributed by atoms with van der Waals surface area (Å²) >= 11 is 5.90. The molecule has 1 aromatic heterocycles. The quantitative estimate of drug-likeness (QED) is 0.881. The van der Waals surface area contributed by atoms with Crippen LogP contribution in [0.15, 0.2) is 30.5 Å². The number of hydrogen-bond donors (Lipinski definition) is 2. The third-order valence-electron chi connectivity index (χ3n) is 2.44. The van der Waals surface area contributed by atoms with Crippen LogP contribution in [0.1, 0.15) is 24.2 Å². The molecule has 0 radical (unpaired) electrons. The van der Waals surface area contributed by atoms with Gasteiger partial charge in [-0.1, -0.05) is 11.6 Å². The van der Waals surface area contributed by atoms with E-state index in [-0.39, 0.29) is 16.7 Å². The maximum Gasteiger partial charge on any atom is 0.337 e. The number of carboxylic acids is 1. The van der Waals surface area contributed by atoms with Crippen molar-refractivity contribution >= 4 is 29.2 Å². The van der Waals surface area contributed by atoms with Gasteiger partial charge in [-0.2, -0.15) is 4.98 Å². The topological polar surface area (TPSA) is 84.3 Å². The zero-order valence-electron chi connectivity index (χ0n) is 11.5. The van der Waals surface area contributed by atoms with Gasteiger partial charge < -0.3 is 15.2 Å². The number of aromatic carboxylic acids is 1. The predicted octanol–water partition coefficient (Wildman–Crippen LogP) is 3.36. The van der Waals surface area contributed by atoms with Gasteiger partial charge in [0.25, 0.3) is 0 Å². The van der Waals surface area contributed by atoms with Crippen molar-refractivity contribution in [3.8, 4) is 5.88 Å². The monoisotopic (exact) mass is 307 g/mol. The summed E-state index contributed by atoms with van der Waals surface area (Å²) in [5, 5.41) is 12.0. The second kappa shape index (κ2) is 6.41. The molecule has 0 aliphatic carbocycles. The summed E-state index contributed by atoms with van der Waals surface area (Å²) in [6.07, 6.45) is 1.58. The van der Waals surface area contributed by atoms with Crippen molar-refractivity contribution < 1.29 is 14.6 Å². The van der Waals surface area contributed by atoms with Gasteiger partial charge in [-0.3, -0.25) is 0 Å². The largest absolute Gasteiger partial charge is 0.478 e. The van der Waals surface area contributed by atoms with Crippen molar-refractivity contribution in [1.82, 2.24) is 9.97 Å². The summed E-state index contributed by atoms with van der Waals surface area (Å²) in [5.74, 6) is -0.279. The lowest BCUT2D eigenvalue weighted by Crippen LogP contribution is -2.08. The fourth-order valence-electron chi connectivity index (χ4n) is 1.60. The molecule has 1 aromatic carbocycles. The minimum absolute atomic E-state index is 0.0112. The Labute approximate surface area is 126 Å². The highest BCUT2D eigenvalue weighted by Gasteiger charge is 2.09. The molecule has 7 heteroatoms. The van der Waals surface area contributed by atoms with E-state index in [0.29, 0.717) is 17.5 Å². The highest BCUT2D eigenvalue weighted by Crippen LogP contribution is 2.23. The van der Waals surface area contributed by atoms with Gasteiger partial charge in [0.05, 0.1) is 16.7 Å². The van der Waals surface area contributed by atoms with Crippen LogP contribution in [-0.2, 0) is 0 Å². The van der Waals surface area contributed by atoms with E-state index in [4.69, 9.17) is 21.4 Å². The summed E-state index contributed by atoms with van der Waals surface area (Å²) in [4.78, 5) is 19.2. The van der Waals surface area contributed by atoms with Crippen molar-refractivity contribution in [2.24, 2.45) is 0 Å². The highest BCUT2D eigenvalue weighted by molar-refractivity contribution is 6.33. The standard InChI is InChI=1S/C14H14ClN3O3/c1-8(2)21-12-5-6-16-14(18-12)17-9-3-4-10(13(19)20)11(15)7-9/h3-8H,1-2H3,(H,19,20)(H,16,17,18). The smallest absolute Gasteiger partial charge is 0.337 e. The van der Waals surface area contributed by atoms with Crippen molar-refractivity contribution in [3.63, 3.8) is 0 Å². The number of carbonyl (C=O) groups is 1. The number of aromatic nitrogens is 2. The Morgan fingerprint density at radius 3 is 2.76 bits per heavy atom. The third-order valence-corrected chi connectivity index (χ3v) is 2.75. The maximum absolute atomic E-state index is 10.9. The molecule has 2 aromatic rings. The number of anilines is 2. The van der Waals surface area contributed by atoms with E-state index < -0.39 is 5.97 Å². The van der Waals surface area contributed by atoms with Crippen LogP contribution in [0.4, 0.5) is 11.6 Å². The van der Waals surface area contributed by atoms with E-state index in [1.54, 1.807) is 18.3 Å². The molecule has 0 fully saturated rings. The van der Waals surface area contributed by atoms with E-state index in [9.17, 15) is 4.79 Å². The Kier molecular flexibility index (Phi) is 4.59. The number of ether oxygens (including phenoxy) is 1. The zero-order chi connectivity index (χ0) is 15.4. The number of nitrogens with one attached hydrogen (secondary N) is 1. The summed E-state index contributed by atoms with van der Waals surface area (Å²) in [6, 6.07) is 6.17. The molecular formula is C14H14ClN3O3. The second-order valence-electron chi connectivity index (χ2n) is 4.51. The van der Waals surface area contributed by atoms with Crippen LogP contribution in [0.2, 0.25) is 5.02 Å². The molecule has 0 bridgehead atoms. The van der Waals surface area contributed by atoms with E-state index in [2.05, 4.69) is 15.3 Å². The van der Waals surface area contributed by atoms with Crippen molar-refractivity contribution in [2.75, 3.05) is 5.32 Å². The van der Waals surface area contributed by atoms with Crippen molar-refractivity contribution in [2.45, 2.75) is 20.0 Å². The van der Waals surface area contributed by atoms with Crippen molar-refractivity contribution in [1.29, 1.82) is 0 Å². The molecule has 6 nitrogen and oxygen atoms in total. The molecule has 0 unspecified atom stereocenters. The molecule has 0 aliphatic rings. The normalized spacial score (nSPS) is 10.5. The molecule has 1 heterocycles. The molecule has 2 N–H and O–H groups in total. The van der Waals surface area contributed by atoms with E-state index >= 15 is 0 Å². The SMILES string of the molecule is CC(C)Oc1ccnc(Nc2ccc(C(=O)O)c(Cl)c2)n1. The lowest BCUT2D eigenvalue weighted by atomic mass is 10.2. The Bertz CT molecular complexity index is 662. The van der Waals surface area contributed by atoms with Gasteiger partial charge in [-0.15, -0.1) is 0 Å². The molecule has 0 aliphatic heterocycles. The van der Waals surface area contributed by atoms with Gasteiger partial charge in [0, 0.05) is 18.0 Å². The minimum atomic E-state index is -1.07. The Morgan fingerprint density at radius 2 is 2.14 bits per heavy atom. The third kappa shape index (κ3) is 4.06. The van der Waals surface area contributed by atoms with Gasteiger partial charge in [0.2, 0.25) is 11.8 Å². The molecule has 0 saturated carbocycles. The Morgan fingerprint density at radius 1 is 1.38 bits per heavy atom. The van der Waals surface area contributed by atoms with Crippen LogP contribution < -0.4 is 10.1 Å². The van der Waals surface area contributed by atoms with Gasteiger partial charge >= 0.3 is 5.97 Å². The second-order valence-corrected chi connectivity index (χ2v) is 4.92. The predicted molar refractivity (Wildman–Crippen MR) is 79.5 cm³/mol. The van der Waals surface area contributed by atoms with E-state index in [1.807, 2.05) is 13.8 Å².